The molecule has 0 spiro atoms. The number of benzene rings is 1. The summed E-state index contributed by atoms with van der Waals surface area (Å²) in [5.74, 6) is -0.995. The van der Waals surface area contributed by atoms with E-state index in [9.17, 15) is 18.0 Å². The molecule has 1 aromatic heterocycles. The third-order valence-electron chi connectivity index (χ3n) is 3.77. The highest BCUT2D eigenvalue weighted by Crippen LogP contribution is 2.39. The Morgan fingerprint density at radius 2 is 1.92 bits per heavy atom. The molecular formula is C17H17ClF3N3O. The first-order chi connectivity index (χ1) is 11.6. The predicted molar refractivity (Wildman–Crippen MR) is 90.2 cm³/mol. The van der Waals surface area contributed by atoms with Crippen molar-refractivity contribution in [3.05, 3.63) is 51.8 Å². The fraction of sp³-hybridized carbons (Fsp3) is 0.294. The lowest BCUT2D eigenvalue weighted by molar-refractivity contribution is -0.137. The maximum absolute atomic E-state index is 13.1. The number of alkyl halides is 3. The Balaban J connectivity index is 2.91. The van der Waals surface area contributed by atoms with Crippen LogP contribution in [-0.4, -0.2) is 10.9 Å². The van der Waals surface area contributed by atoms with Crippen molar-refractivity contribution in [2.24, 2.45) is 11.5 Å². The number of pyridine rings is 1. The van der Waals surface area contributed by atoms with Gasteiger partial charge in [0.25, 0.3) is 5.91 Å². The molecule has 0 fully saturated rings. The quantitative estimate of drug-likeness (QED) is 0.848. The van der Waals surface area contributed by atoms with Crippen molar-refractivity contribution in [1.82, 2.24) is 4.98 Å². The summed E-state index contributed by atoms with van der Waals surface area (Å²) in [5, 5.41) is 0.411. The van der Waals surface area contributed by atoms with E-state index in [0.717, 1.165) is 6.07 Å². The van der Waals surface area contributed by atoms with Crippen LogP contribution in [0.15, 0.2) is 24.4 Å². The number of hydrogen-bond donors (Lipinski definition) is 2. The molecule has 25 heavy (non-hydrogen) atoms. The summed E-state index contributed by atoms with van der Waals surface area (Å²) >= 11 is 6.10. The van der Waals surface area contributed by atoms with Gasteiger partial charge < -0.3 is 11.5 Å². The summed E-state index contributed by atoms with van der Waals surface area (Å²) in [6, 6.07) is 4.08. The van der Waals surface area contributed by atoms with Gasteiger partial charge >= 0.3 is 6.18 Å². The van der Waals surface area contributed by atoms with Crippen molar-refractivity contribution < 1.29 is 18.0 Å². The van der Waals surface area contributed by atoms with Gasteiger partial charge in [-0.25, -0.2) is 4.98 Å². The highest BCUT2D eigenvalue weighted by atomic mass is 35.5. The fourth-order valence-corrected chi connectivity index (χ4v) is 2.89. The first kappa shape index (κ1) is 19.2. The van der Waals surface area contributed by atoms with Crippen LogP contribution in [-0.2, 0) is 12.7 Å². The number of nitrogens with zero attached hydrogens (tertiary/aromatic N) is 1. The molecule has 1 heterocycles. The highest BCUT2D eigenvalue weighted by molar-refractivity contribution is 6.30. The van der Waals surface area contributed by atoms with Crippen LogP contribution in [0.1, 0.15) is 46.9 Å². The predicted octanol–water partition coefficient (Wildman–Crippen LogP) is 4.10. The molecule has 0 atom stereocenters. The van der Waals surface area contributed by atoms with E-state index >= 15 is 0 Å². The molecule has 4 nitrogen and oxygen atoms in total. The monoisotopic (exact) mass is 371 g/mol. The molecule has 0 aliphatic rings. The van der Waals surface area contributed by atoms with E-state index in [1.54, 1.807) is 12.1 Å². The van der Waals surface area contributed by atoms with Gasteiger partial charge in [0.15, 0.2) is 0 Å². The highest BCUT2D eigenvalue weighted by Gasteiger charge is 2.33. The Hall–Kier alpha value is -2.12. The number of aromatic nitrogens is 1. The standard InChI is InChI=1S/C17H17ClF3N3O/c1-8(2)12-5-11(18)3-9(6-22)14(12)13-4-10(17(19,20)21)7-24-15(13)16(23)25/h3-5,7-8H,6,22H2,1-2H3,(H2,23,25). The Morgan fingerprint density at radius 1 is 1.28 bits per heavy atom. The number of hydrogen-bond acceptors (Lipinski definition) is 3. The van der Waals surface area contributed by atoms with Crippen molar-refractivity contribution in [2.45, 2.75) is 32.5 Å². The topological polar surface area (TPSA) is 82.0 Å². The van der Waals surface area contributed by atoms with Crippen LogP contribution < -0.4 is 11.5 Å². The lowest BCUT2D eigenvalue weighted by Gasteiger charge is -2.20. The maximum Gasteiger partial charge on any atom is 0.417 e. The first-order valence-corrected chi connectivity index (χ1v) is 7.83. The number of carbonyl (C=O) groups excluding carboxylic acids is 1. The van der Waals surface area contributed by atoms with Gasteiger partial charge in [0.05, 0.1) is 5.56 Å². The molecule has 2 rings (SSSR count). The minimum Gasteiger partial charge on any atom is -0.364 e. The minimum atomic E-state index is -4.61. The Labute approximate surface area is 148 Å². The summed E-state index contributed by atoms with van der Waals surface area (Å²) in [7, 11) is 0. The van der Waals surface area contributed by atoms with Gasteiger partial charge in [-0.1, -0.05) is 25.4 Å². The fourth-order valence-electron chi connectivity index (χ4n) is 2.64. The van der Waals surface area contributed by atoms with Gasteiger partial charge in [-0.3, -0.25) is 4.79 Å². The maximum atomic E-state index is 13.1. The number of nitrogens with two attached hydrogens (primary N) is 2. The summed E-state index contributed by atoms with van der Waals surface area (Å²) in [4.78, 5) is 15.4. The van der Waals surface area contributed by atoms with Gasteiger partial charge in [-0.2, -0.15) is 13.2 Å². The Bertz CT molecular complexity index is 820. The van der Waals surface area contributed by atoms with Gasteiger partial charge in [0, 0.05) is 23.3 Å². The van der Waals surface area contributed by atoms with Crippen LogP contribution in [0.25, 0.3) is 11.1 Å². The SMILES string of the molecule is CC(C)c1cc(Cl)cc(CN)c1-c1cc(C(F)(F)F)cnc1C(N)=O. The van der Waals surface area contributed by atoms with E-state index in [4.69, 9.17) is 23.1 Å². The molecule has 0 saturated heterocycles. The van der Waals surface area contributed by atoms with E-state index in [2.05, 4.69) is 4.98 Å². The molecule has 1 aromatic carbocycles. The lowest BCUT2D eigenvalue weighted by atomic mass is 9.87. The molecule has 0 aliphatic carbocycles. The third kappa shape index (κ3) is 3.93. The average molecular weight is 372 g/mol. The minimum absolute atomic E-state index is 0.00291. The Kier molecular flexibility index (Phi) is 5.39. The molecule has 4 N–H and O–H groups in total. The zero-order valence-electron chi connectivity index (χ0n) is 13.6. The van der Waals surface area contributed by atoms with E-state index in [0.29, 0.717) is 27.9 Å². The van der Waals surface area contributed by atoms with E-state index < -0.39 is 17.6 Å². The number of carbonyl (C=O) groups is 1. The van der Waals surface area contributed by atoms with Gasteiger partial charge in [-0.05, 0) is 40.8 Å². The second-order valence-electron chi connectivity index (χ2n) is 5.87. The van der Waals surface area contributed by atoms with Gasteiger partial charge in [0.1, 0.15) is 5.69 Å². The zero-order valence-corrected chi connectivity index (χ0v) is 14.4. The lowest BCUT2D eigenvalue weighted by Crippen LogP contribution is -2.17. The number of rotatable bonds is 4. The second-order valence-corrected chi connectivity index (χ2v) is 6.31. The van der Waals surface area contributed by atoms with Crippen molar-refractivity contribution in [2.75, 3.05) is 0 Å². The van der Waals surface area contributed by atoms with Crippen molar-refractivity contribution >= 4 is 17.5 Å². The molecule has 2 aromatic rings. The third-order valence-corrected chi connectivity index (χ3v) is 3.99. The van der Waals surface area contributed by atoms with Crippen LogP contribution in [0, 0.1) is 0 Å². The normalized spacial score (nSPS) is 11.8. The zero-order chi connectivity index (χ0) is 18.9. The number of amides is 1. The van der Waals surface area contributed by atoms with E-state index in [-0.39, 0.29) is 23.7 Å². The second kappa shape index (κ2) is 7.01. The largest absolute Gasteiger partial charge is 0.417 e. The van der Waals surface area contributed by atoms with Crippen LogP contribution in [0.5, 0.6) is 0 Å². The van der Waals surface area contributed by atoms with E-state index in [1.165, 1.54) is 0 Å². The molecular weight excluding hydrogens is 355 g/mol. The molecule has 134 valence electrons. The van der Waals surface area contributed by atoms with Crippen molar-refractivity contribution in [3.63, 3.8) is 0 Å². The molecule has 0 saturated carbocycles. The molecule has 0 unspecified atom stereocenters. The average Bonchev–Trinajstić information content (AvgIpc) is 2.52. The van der Waals surface area contributed by atoms with Crippen LogP contribution in [0.3, 0.4) is 0 Å². The van der Waals surface area contributed by atoms with Gasteiger partial charge in [-0.15, -0.1) is 0 Å². The van der Waals surface area contributed by atoms with Crippen LogP contribution in [0.2, 0.25) is 5.02 Å². The molecule has 0 radical (unpaired) electrons. The Morgan fingerprint density at radius 3 is 2.40 bits per heavy atom. The van der Waals surface area contributed by atoms with E-state index in [1.807, 2.05) is 13.8 Å². The van der Waals surface area contributed by atoms with Crippen molar-refractivity contribution in [3.8, 4) is 11.1 Å². The summed E-state index contributed by atoms with van der Waals surface area (Å²) < 4.78 is 39.4. The summed E-state index contributed by atoms with van der Waals surface area (Å²) in [6.45, 7) is 3.75. The van der Waals surface area contributed by atoms with Gasteiger partial charge in [0.2, 0.25) is 0 Å². The first-order valence-electron chi connectivity index (χ1n) is 7.46. The molecule has 1 amide bonds. The molecule has 8 heteroatoms. The molecule has 0 aliphatic heterocycles. The van der Waals surface area contributed by atoms with Crippen LogP contribution >= 0.6 is 11.6 Å². The number of primary amides is 1. The summed E-state index contributed by atoms with van der Waals surface area (Å²) in [6.07, 6.45) is -4.01. The molecule has 0 bridgehead atoms. The number of halogens is 4. The van der Waals surface area contributed by atoms with Crippen molar-refractivity contribution in [1.29, 1.82) is 0 Å². The summed E-state index contributed by atoms with van der Waals surface area (Å²) in [5.41, 5.74) is 11.5. The smallest absolute Gasteiger partial charge is 0.364 e. The van der Waals surface area contributed by atoms with Crippen LogP contribution in [0.4, 0.5) is 13.2 Å².